The van der Waals surface area contributed by atoms with Gasteiger partial charge in [0.15, 0.2) is 0 Å². The third-order valence-corrected chi connectivity index (χ3v) is 6.94. The molecule has 0 radical (unpaired) electrons. The van der Waals surface area contributed by atoms with Crippen molar-refractivity contribution >= 4 is 0 Å². The van der Waals surface area contributed by atoms with E-state index in [0.29, 0.717) is 18.3 Å². The fraction of sp³-hybridized carbons (Fsp3) is 0.520. The standard InChI is InChI=1S/C25H34FN3O/c1-2-21-17-27-13-14-29(21)18-20-15-19(9-10-24(20)30)16-28-25(11-5-6-12-25)22-7-3-4-8-23(22)26/h3-4,7-10,15,21,27-28,30H,2,5-6,11-14,16-18H2,1H3. The highest BCUT2D eigenvalue weighted by atomic mass is 19.1. The Labute approximate surface area is 179 Å². The van der Waals surface area contributed by atoms with Gasteiger partial charge in [0.25, 0.3) is 0 Å². The van der Waals surface area contributed by atoms with E-state index in [1.165, 1.54) is 0 Å². The van der Waals surface area contributed by atoms with E-state index in [1.807, 2.05) is 18.2 Å². The molecule has 0 amide bonds. The maximum Gasteiger partial charge on any atom is 0.128 e. The molecule has 5 heteroatoms. The molecular weight excluding hydrogens is 377 g/mol. The summed E-state index contributed by atoms with van der Waals surface area (Å²) in [7, 11) is 0. The van der Waals surface area contributed by atoms with Gasteiger partial charge in [0.2, 0.25) is 0 Å². The molecule has 162 valence electrons. The first kappa shape index (κ1) is 21.3. The maximum atomic E-state index is 14.6. The van der Waals surface area contributed by atoms with Gasteiger partial charge in [-0.05, 0) is 43.0 Å². The Bertz CT molecular complexity index is 850. The monoisotopic (exact) mass is 411 g/mol. The summed E-state index contributed by atoms with van der Waals surface area (Å²) in [6.45, 7) is 6.64. The highest BCUT2D eigenvalue weighted by molar-refractivity contribution is 5.37. The Hall–Kier alpha value is -1.95. The molecule has 1 aliphatic heterocycles. The minimum Gasteiger partial charge on any atom is -0.508 e. The first-order chi connectivity index (χ1) is 14.6. The summed E-state index contributed by atoms with van der Waals surface area (Å²) in [5.41, 5.74) is 2.60. The molecule has 1 saturated heterocycles. The molecule has 1 atom stereocenters. The van der Waals surface area contributed by atoms with Crippen LogP contribution in [0.2, 0.25) is 0 Å². The Balaban J connectivity index is 1.49. The quantitative estimate of drug-likeness (QED) is 0.637. The zero-order chi connectivity index (χ0) is 21.0. The van der Waals surface area contributed by atoms with Gasteiger partial charge < -0.3 is 15.7 Å². The molecule has 30 heavy (non-hydrogen) atoms. The van der Waals surface area contributed by atoms with Crippen molar-refractivity contribution in [2.24, 2.45) is 0 Å². The lowest BCUT2D eigenvalue weighted by atomic mass is 9.87. The number of nitrogens with one attached hydrogen (secondary N) is 2. The SMILES string of the molecule is CCC1CNCCN1Cc1cc(CNC2(c3ccccc3F)CCCC2)ccc1O. The molecule has 1 aliphatic carbocycles. The van der Waals surface area contributed by atoms with Crippen LogP contribution in [0.25, 0.3) is 0 Å². The Morgan fingerprint density at radius 2 is 2.00 bits per heavy atom. The van der Waals surface area contributed by atoms with E-state index in [4.69, 9.17) is 0 Å². The number of halogens is 1. The third-order valence-electron chi connectivity index (χ3n) is 6.94. The molecule has 2 aliphatic rings. The highest BCUT2D eigenvalue weighted by Crippen LogP contribution is 2.40. The molecule has 3 N–H and O–H groups in total. The van der Waals surface area contributed by atoms with Gasteiger partial charge in [-0.15, -0.1) is 0 Å². The first-order valence-electron chi connectivity index (χ1n) is 11.4. The molecule has 1 saturated carbocycles. The van der Waals surface area contributed by atoms with Crippen molar-refractivity contribution in [3.8, 4) is 5.75 Å². The van der Waals surface area contributed by atoms with E-state index in [-0.39, 0.29) is 11.4 Å². The number of rotatable bonds is 7. The summed E-state index contributed by atoms with van der Waals surface area (Å²) in [6.07, 6.45) is 5.24. The Kier molecular flexibility index (Phi) is 6.71. The number of phenols is 1. The summed E-state index contributed by atoms with van der Waals surface area (Å²) in [5, 5.41) is 17.6. The number of hydrogen-bond donors (Lipinski definition) is 3. The average Bonchev–Trinajstić information content (AvgIpc) is 3.25. The largest absolute Gasteiger partial charge is 0.508 e. The van der Waals surface area contributed by atoms with Gasteiger partial charge in [-0.2, -0.15) is 0 Å². The lowest BCUT2D eigenvalue weighted by Gasteiger charge is -2.36. The van der Waals surface area contributed by atoms with Crippen LogP contribution in [0.15, 0.2) is 42.5 Å². The fourth-order valence-electron chi connectivity index (χ4n) is 5.15. The van der Waals surface area contributed by atoms with Crippen molar-refractivity contribution in [3.05, 3.63) is 65.0 Å². The highest BCUT2D eigenvalue weighted by Gasteiger charge is 2.37. The number of aromatic hydroxyl groups is 1. The van der Waals surface area contributed by atoms with Gasteiger partial charge in [0.1, 0.15) is 11.6 Å². The van der Waals surface area contributed by atoms with Gasteiger partial charge >= 0.3 is 0 Å². The number of nitrogens with zero attached hydrogens (tertiary/aromatic N) is 1. The zero-order valence-electron chi connectivity index (χ0n) is 18.0. The van der Waals surface area contributed by atoms with Gasteiger partial charge in [0, 0.05) is 55.4 Å². The van der Waals surface area contributed by atoms with Gasteiger partial charge in [-0.25, -0.2) is 4.39 Å². The van der Waals surface area contributed by atoms with Crippen LogP contribution in [0.4, 0.5) is 4.39 Å². The topological polar surface area (TPSA) is 47.5 Å². The van der Waals surface area contributed by atoms with Crippen molar-refractivity contribution in [1.82, 2.24) is 15.5 Å². The third kappa shape index (κ3) is 4.53. The summed E-state index contributed by atoms with van der Waals surface area (Å²) in [4.78, 5) is 2.46. The summed E-state index contributed by atoms with van der Waals surface area (Å²) in [5.74, 6) is 0.236. The van der Waals surface area contributed by atoms with Crippen LogP contribution in [0.5, 0.6) is 5.75 Å². The number of hydrogen-bond acceptors (Lipinski definition) is 4. The molecule has 1 heterocycles. The predicted molar refractivity (Wildman–Crippen MR) is 119 cm³/mol. The summed E-state index contributed by atoms with van der Waals surface area (Å²) >= 11 is 0. The summed E-state index contributed by atoms with van der Waals surface area (Å²) < 4.78 is 14.6. The predicted octanol–water partition coefficient (Wildman–Crippen LogP) is 4.27. The van der Waals surface area contributed by atoms with Gasteiger partial charge in [0.05, 0.1) is 0 Å². The van der Waals surface area contributed by atoms with E-state index in [9.17, 15) is 9.50 Å². The van der Waals surface area contributed by atoms with Crippen LogP contribution < -0.4 is 10.6 Å². The lowest BCUT2D eigenvalue weighted by Crippen LogP contribution is -2.50. The van der Waals surface area contributed by atoms with Crippen molar-refractivity contribution in [3.63, 3.8) is 0 Å². The van der Waals surface area contributed by atoms with E-state index >= 15 is 0 Å². The minimum atomic E-state index is -0.296. The van der Waals surface area contributed by atoms with Crippen LogP contribution >= 0.6 is 0 Å². The Morgan fingerprint density at radius 3 is 2.77 bits per heavy atom. The zero-order valence-corrected chi connectivity index (χ0v) is 18.0. The van der Waals surface area contributed by atoms with E-state index in [2.05, 4.69) is 28.5 Å². The van der Waals surface area contributed by atoms with Crippen LogP contribution in [0, 0.1) is 5.82 Å². The van der Waals surface area contributed by atoms with Crippen LogP contribution in [-0.4, -0.2) is 35.7 Å². The van der Waals surface area contributed by atoms with E-state index < -0.39 is 0 Å². The fourth-order valence-corrected chi connectivity index (χ4v) is 5.15. The van der Waals surface area contributed by atoms with Gasteiger partial charge in [-0.1, -0.05) is 44.0 Å². The number of piperazine rings is 1. The van der Waals surface area contributed by atoms with Crippen molar-refractivity contribution in [2.45, 2.75) is 63.7 Å². The van der Waals surface area contributed by atoms with Crippen molar-refractivity contribution in [1.29, 1.82) is 0 Å². The molecule has 0 aromatic heterocycles. The molecule has 4 rings (SSSR count). The molecule has 0 bridgehead atoms. The van der Waals surface area contributed by atoms with Crippen LogP contribution in [-0.2, 0) is 18.6 Å². The smallest absolute Gasteiger partial charge is 0.128 e. The maximum absolute atomic E-state index is 14.6. The van der Waals surface area contributed by atoms with Crippen LogP contribution in [0.1, 0.15) is 55.7 Å². The molecular formula is C25H34FN3O. The van der Waals surface area contributed by atoms with Crippen LogP contribution in [0.3, 0.4) is 0 Å². The van der Waals surface area contributed by atoms with E-state index in [0.717, 1.165) is 75.0 Å². The summed E-state index contributed by atoms with van der Waals surface area (Å²) in [6, 6.07) is 13.6. The second-order valence-corrected chi connectivity index (χ2v) is 8.82. The Morgan fingerprint density at radius 1 is 1.20 bits per heavy atom. The molecule has 2 fully saturated rings. The van der Waals surface area contributed by atoms with E-state index in [1.54, 1.807) is 18.2 Å². The van der Waals surface area contributed by atoms with Crippen molar-refractivity contribution in [2.75, 3.05) is 19.6 Å². The molecule has 0 spiro atoms. The number of phenolic OH excluding ortho intramolecular Hbond substituents is 1. The molecule has 2 aromatic rings. The van der Waals surface area contributed by atoms with Crippen molar-refractivity contribution < 1.29 is 9.50 Å². The second kappa shape index (κ2) is 9.46. The average molecular weight is 412 g/mol. The molecule has 1 unspecified atom stereocenters. The normalized spacial score (nSPS) is 21.7. The lowest BCUT2D eigenvalue weighted by molar-refractivity contribution is 0.147. The second-order valence-electron chi connectivity index (χ2n) is 8.82. The minimum absolute atomic E-state index is 0.123. The number of benzene rings is 2. The molecule has 4 nitrogen and oxygen atoms in total. The first-order valence-corrected chi connectivity index (χ1v) is 11.4. The molecule has 2 aromatic carbocycles. The van der Waals surface area contributed by atoms with Gasteiger partial charge in [-0.3, -0.25) is 4.90 Å².